The number of ether oxygens (including phenoxy) is 2. The summed E-state index contributed by atoms with van der Waals surface area (Å²) in [6, 6.07) is 27.5. The summed E-state index contributed by atoms with van der Waals surface area (Å²) < 4.78 is 11.0. The Bertz CT molecular complexity index is 1310. The van der Waals surface area contributed by atoms with E-state index in [1.807, 2.05) is 61.5 Å². The molecule has 1 amide bonds. The normalized spacial score (nSPS) is 10.8. The predicted octanol–water partition coefficient (Wildman–Crippen LogP) is 4.90. The first kappa shape index (κ1) is 21.8. The molecular formula is C27H22N2O4. The fourth-order valence-corrected chi connectivity index (χ4v) is 3.25. The molecule has 0 unspecified atom stereocenters. The molecular weight excluding hydrogens is 416 g/mol. The first-order valence-electron chi connectivity index (χ1n) is 10.4. The molecule has 0 spiro atoms. The van der Waals surface area contributed by atoms with Crippen molar-refractivity contribution in [3.05, 3.63) is 108 Å². The van der Waals surface area contributed by atoms with Crippen molar-refractivity contribution in [2.75, 3.05) is 6.61 Å². The van der Waals surface area contributed by atoms with Gasteiger partial charge in [-0.15, -0.1) is 0 Å². The third-order valence-corrected chi connectivity index (χ3v) is 4.86. The van der Waals surface area contributed by atoms with Crippen LogP contribution in [0.15, 0.2) is 96.1 Å². The third-order valence-electron chi connectivity index (χ3n) is 4.86. The van der Waals surface area contributed by atoms with Crippen molar-refractivity contribution in [2.45, 2.75) is 6.92 Å². The maximum absolute atomic E-state index is 12.6. The number of amides is 1. The highest BCUT2D eigenvalue weighted by Gasteiger charge is 2.12. The predicted molar refractivity (Wildman–Crippen MR) is 128 cm³/mol. The molecule has 0 saturated heterocycles. The Morgan fingerprint density at radius 1 is 0.879 bits per heavy atom. The second-order valence-corrected chi connectivity index (χ2v) is 7.38. The van der Waals surface area contributed by atoms with Crippen LogP contribution in [-0.2, 0) is 4.79 Å². The zero-order chi connectivity index (χ0) is 23.0. The molecule has 6 nitrogen and oxygen atoms in total. The number of benzene rings is 4. The molecule has 0 radical (unpaired) electrons. The summed E-state index contributed by atoms with van der Waals surface area (Å²) in [7, 11) is 0. The summed E-state index contributed by atoms with van der Waals surface area (Å²) in [6.45, 7) is 1.82. The summed E-state index contributed by atoms with van der Waals surface area (Å²) in [5.74, 6) is 0.255. The van der Waals surface area contributed by atoms with E-state index in [-0.39, 0.29) is 12.5 Å². The minimum atomic E-state index is -0.422. The van der Waals surface area contributed by atoms with Gasteiger partial charge in [0.15, 0.2) is 6.61 Å². The number of hydrazone groups is 1. The molecule has 33 heavy (non-hydrogen) atoms. The van der Waals surface area contributed by atoms with Gasteiger partial charge in [-0.2, -0.15) is 5.10 Å². The van der Waals surface area contributed by atoms with Crippen molar-refractivity contribution in [1.82, 2.24) is 5.43 Å². The Morgan fingerprint density at radius 3 is 2.45 bits per heavy atom. The number of carbonyl (C=O) groups is 2. The van der Waals surface area contributed by atoms with Crippen molar-refractivity contribution in [3.63, 3.8) is 0 Å². The minimum Gasteiger partial charge on any atom is -0.484 e. The fraction of sp³-hybridized carbons (Fsp3) is 0.0741. The highest BCUT2D eigenvalue weighted by atomic mass is 16.5. The number of esters is 1. The maximum Gasteiger partial charge on any atom is 0.344 e. The van der Waals surface area contributed by atoms with E-state index in [1.54, 1.807) is 36.4 Å². The van der Waals surface area contributed by atoms with Gasteiger partial charge < -0.3 is 9.47 Å². The Hall–Kier alpha value is -4.45. The van der Waals surface area contributed by atoms with Crippen LogP contribution in [0.5, 0.6) is 11.5 Å². The van der Waals surface area contributed by atoms with E-state index < -0.39 is 5.97 Å². The Labute approximate surface area is 191 Å². The van der Waals surface area contributed by atoms with Gasteiger partial charge in [0.2, 0.25) is 0 Å². The van der Waals surface area contributed by atoms with Crippen LogP contribution >= 0.6 is 0 Å². The van der Waals surface area contributed by atoms with Gasteiger partial charge in [0, 0.05) is 0 Å². The lowest BCUT2D eigenvalue weighted by Gasteiger charge is -2.07. The van der Waals surface area contributed by atoms with Crippen LogP contribution in [0.2, 0.25) is 0 Å². The van der Waals surface area contributed by atoms with E-state index in [0.717, 1.165) is 21.9 Å². The molecule has 4 rings (SSSR count). The first-order valence-corrected chi connectivity index (χ1v) is 10.4. The van der Waals surface area contributed by atoms with E-state index in [4.69, 9.17) is 9.47 Å². The highest BCUT2D eigenvalue weighted by Crippen LogP contribution is 2.21. The zero-order valence-corrected chi connectivity index (χ0v) is 18.0. The van der Waals surface area contributed by atoms with Gasteiger partial charge in [-0.25, -0.2) is 10.2 Å². The number of nitrogens with one attached hydrogen (secondary N) is 1. The van der Waals surface area contributed by atoms with Gasteiger partial charge in [-0.3, -0.25) is 4.79 Å². The average molecular weight is 438 g/mol. The van der Waals surface area contributed by atoms with Gasteiger partial charge in [0.25, 0.3) is 5.91 Å². The lowest BCUT2D eigenvalue weighted by atomic mass is 10.0. The van der Waals surface area contributed by atoms with Crippen LogP contribution in [0.1, 0.15) is 21.5 Å². The van der Waals surface area contributed by atoms with Gasteiger partial charge in [-0.1, -0.05) is 48.5 Å². The Morgan fingerprint density at radius 2 is 1.64 bits per heavy atom. The summed E-state index contributed by atoms with van der Waals surface area (Å²) in [6.07, 6.45) is 1.50. The standard InChI is InChI=1S/C27H22N2O4/c1-19-6-4-9-23(16-19)32-18-26(30)29-28-17-20-12-14-22(15-13-20)33-27(31)25-11-5-8-21-7-2-3-10-24(21)25/h2-17H,18H2,1H3,(H,29,30)/b28-17-. The second-order valence-electron chi connectivity index (χ2n) is 7.38. The van der Waals surface area contributed by atoms with Crippen LogP contribution in [0.25, 0.3) is 10.8 Å². The second kappa shape index (κ2) is 10.2. The SMILES string of the molecule is Cc1cccc(OCC(=O)N/N=C\c2ccc(OC(=O)c3cccc4ccccc34)cc2)c1. The average Bonchev–Trinajstić information content (AvgIpc) is 2.83. The van der Waals surface area contributed by atoms with Crippen molar-refractivity contribution in [2.24, 2.45) is 5.10 Å². The molecule has 0 atom stereocenters. The van der Waals surface area contributed by atoms with Crippen LogP contribution in [-0.4, -0.2) is 24.7 Å². The summed E-state index contributed by atoms with van der Waals surface area (Å²) in [4.78, 5) is 24.5. The maximum atomic E-state index is 12.6. The van der Waals surface area contributed by atoms with Crippen LogP contribution in [0, 0.1) is 6.92 Å². The van der Waals surface area contributed by atoms with E-state index >= 15 is 0 Å². The van der Waals surface area contributed by atoms with E-state index in [9.17, 15) is 9.59 Å². The number of aryl methyl sites for hydroxylation is 1. The number of hydrogen-bond donors (Lipinski definition) is 1. The smallest absolute Gasteiger partial charge is 0.344 e. The quantitative estimate of drug-likeness (QED) is 0.193. The Kier molecular flexibility index (Phi) is 6.75. The molecule has 0 aromatic heterocycles. The van der Waals surface area contributed by atoms with Crippen LogP contribution in [0.4, 0.5) is 0 Å². The molecule has 0 aliphatic carbocycles. The van der Waals surface area contributed by atoms with Gasteiger partial charge in [0.05, 0.1) is 11.8 Å². The lowest BCUT2D eigenvalue weighted by Crippen LogP contribution is -2.24. The Balaban J connectivity index is 1.30. The largest absolute Gasteiger partial charge is 0.484 e. The van der Waals surface area contributed by atoms with Gasteiger partial charge in [-0.05, 0) is 71.3 Å². The number of nitrogens with zero attached hydrogens (tertiary/aromatic N) is 1. The number of carbonyl (C=O) groups excluding carboxylic acids is 2. The number of rotatable bonds is 7. The van der Waals surface area contributed by atoms with Crippen molar-refractivity contribution >= 4 is 28.9 Å². The molecule has 0 fully saturated rings. The van der Waals surface area contributed by atoms with E-state index in [1.165, 1.54) is 6.21 Å². The molecule has 1 N–H and O–H groups in total. The first-order chi connectivity index (χ1) is 16.1. The van der Waals surface area contributed by atoms with Crippen LogP contribution < -0.4 is 14.9 Å². The number of hydrogen-bond acceptors (Lipinski definition) is 5. The summed E-state index contributed by atoms with van der Waals surface area (Å²) in [5, 5.41) is 5.75. The lowest BCUT2D eigenvalue weighted by molar-refractivity contribution is -0.123. The minimum absolute atomic E-state index is 0.135. The molecule has 4 aromatic carbocycles. The highest BCUT2D eigenvalue weighted by molar-refractivity contribution is 6.05. The molecule has 0 bridgehead atoms. The summed E-state index contributed by atoms with van der Waals surface area (Å²) >= 11 is 0. The molecule has 0 aliphatic heterocycles. The van der Waals surface area contributed by atoms with Gasteiger partial charge >= 0.3 is 5.97 Å². The summed E-state index contributed by atoms with van der Waals surface area (Å²) in [5.41, 5.74) is 4.72. The molecule has 0 aliphatic rings. The van der Waals surface area contributed by atoms with Crippen molar-refractivity contribution in [3.8, 4) is 11.5 Å². The van der Waals surface area contributed by atoms with Gasteiger partial charge in [0.1, 0.15) is 11.5 Å². The molecule has 4 aromatic rings. The van der Waals surface area contributed by atoms with Crippen molar-refractivity contribution < 1.29 is 19.1 Å². The van der Waals surface area contributed by atoms with Crippen LogP contribution in [0.3, 0.4) is 0 Å². The molecule has 0 heterocycles. The van der Waals surface area contributed by atoms with E-state index in [2.05, 4.69) is 10.5 Å². The topological polar surface area (TPSA) is 77.0 Å². The zero-order valence-electron chi connectivity index (χ0n) is 18.0. The van der Waals surface area contributed by atoms with Crippen molar-refractivity contribution in [1.29, 1.82) is 0 Å². The monoisotopic (exact) mass is 438 g/mol. The molecule has 6 heteroatoms. The van der Waals surface area contributed by atoms with E-state index in [0.29, 0.717) is 17.1 Å². The molecule has 164 valence electrons. The third kappa shape index (κ3) is 5.83. The molecule has 0 saturated carbocycles. The number of fused-ring (bicyclic) bond motifs is 1. The fourth-order valence-electron chi connectivity index (χ4n) is 3.25.